The van der Waals surface area contributed by atoms with E-state index in [0.717, 1.165) is 69.7 Å². The molecule has 4 rings (SSSR count). The highest BCUT2D eigenvalue weighted by Gasteiger charge is 2.28. The van der Waals surface area contributed by atoms with Crippen molar-refractivity contribution >= 4 is 31.8 Å². The van der Waals surface area contributed by atoms with Crippen molar-refractivity contribution < 1.29 is 4.74 Å². The van der Waals surface area contributed by atoms with Gasteiger partial charge in [-0.3, -0.25) is 9.36 Å². The normalized spacial score (nSPS) is 15.7. The average Bonchev–Trinajstić information content (AvgIpc) is 3.05. The number of fused-ring (bicyclic) bond motifs is 4. The summed E-state index contributed by atoms with van der Waals surface area (Å²) in [4.78, 5) is 24.3. The minimum absolute atomic E-state index is 0.108. The molecule has 5 nitrogen and oxygen atoms in total. The maximum Gasteiger partial charge on any atom is 0.271 e. The van der Waals surface area contributed by atoms with Crippen molar-refractivity contribution in [3.63, 3.8) is 0 Å². The first-order valence-corrected chi connectivity index (χ1v) is 12.2. The van der Waals surface area contributed by atoms with Crippen LogP contribution in [0.3, 0.4) is 0 Å². The van der Waals surface area contributed by atoms with Gasteiger partial charge in [0.15, 0.2) is 0 Å². The lowest BCUT2D eigenvalue weighted by Crippen LogP contribution is -2.32. The third-order valence-electron chi connectivity index (χ3n) is 5.99. The summed E-state index contributed by atoms with van der Waals surface area (Å²) < 4.78 is 8.66. The van der Waals surface area contributed by atoms with E-state index in [4.69, 9.17) is 14.7 Å². The van der Waals surface area contributed by atoms with E-state index in [1.165, 1.54) is 37.0 Å². The summed E-state index contributed by atoms with van der Waals surface area (Å²) in [5.74, 6) is 0.917. The molecule has 0 amide bonds. The minimum Gasteiger partial charge on any atom is -0.370 e. The predicted molar refractivity (Wildman–Crippen MR) is 125 cm³/mol. The number of pyridine rings is 1. The van der Waals surface area contributed by atoms with Gasteiger partial charge in [-0.1, -0.05) is 39.5 Å². The Kier molecular flexibility index (Phi) is 6.26. The van der Waals surface area contributed by atoms with Crippen LogP contribution in [0.1, 0.15) is 83.3 Å². The van der Waals surface area contributed by atoms with Gasteiger partial charge < -0.3 is 4.74 Å². The second-order valence-electron chi connectivity index (χ2n) is 9.10. The summed E-state index contributed by atoms with van der Waals surface area (Å²) in [6.45, 7) is 9.90. The molecule has 0 spiro atoms. The van der Waals surface area contributed by atoms with Crippen LogP contribution in [0.5, 0.6) is 0 Å². The third-order valence-corrected chi connectivity index (χ3v) is 7.06. The highest BCUT2D eigenvalue weighted by atomic mass is 32.1. The second kappa shape index (κ2) is 8.75. The fourth-order valence-electron chi connectivity index (χ4n) is 4.30. The number of unbranched alkanes of at least 4 members (excludes halogenated alkanes) is 4. The zero-order valence-corrected chi connectivity index (χ0v) is 19.5. The Labute approximate surface area is 182 Å². The van der Waals surface area contributed by atoms with Crippen LogP contribution >= 0.6 is 11.3 Å². The summed E-state index contributed by atoms with van der Waals surface area (Å²) in [5.41, 5.74) is 2.96. The first kappa shape index (κ1) is 21.4. The average molecular weight is 428 g/mol. The van der Waals surface area contributed by atoms with E-state index in [-0.39, 0.29) is 11.2 Å². The molecule has 0 bridgehead atoms. The van der Waals surface area contributed by atoms with Gasteiger partial charge in [-0.15, -0.1) is 11.3 Å². The maximum absolute atomic E-state index is 13.4. The van der Waals surface area contributed by atoms with Crippen LogP contribution < -0.4 is 5.56 Å². The van der Waals surface area contributed by atoms with Gasteiger partial charge in [0.05, 0.1) is 23.4 Å². The maximum atomic E-state index is 13.4. The van der Waals surface area contributed by atoms with Gasteiger partial charge >= 0.3 is 0 Å². The Morgan fingerprint density at radius 2 is 1.93 bits per heavy atom. The highest BCUT2D eigenvalue weighted by Crippen LogP contribution is 2.35. The van der Waals surface area contributed by atoms with E-state index in [2.05, 4.69) is 33.8 Å². The van der Waals surface area contributed by atoms with Gasteiger partial charge in [0, 0.05) is 30.3 Å². The molecule has 0 atom stereocenters. The molecule has 0 aliphatic carbocycles. The number of rotatable bonds is 8. The number of ether oxygens (including phenoxy) is 1. The van der Waals surface area contributed by atoms with Gasteiger partial charge in [-0.2, -0.15) is 0 Å². The molecular weight excluding hydrogens is 394 g/mol. The van der Waals surface area contributed by atoms with Gasteiger partial charge in [-0.05, 0) is 32.8 Å². The largest absolute Gasteiger partial charge is 0.370 e. The SMILES string of the molecule is CCCCCCCn1c(CCC)nc2c(sc3nc4c(cc32)COC(C)(C)C4)c1=O. The highest BCUT2D eigenvalue weighted by molar-refractivity contribution is 7.25. The van der Waals surface area contributed by atoms with E-state index in [1.807, 2.05) is 4.57 Å². The van der Waals surface area contributed by atoms with E-state index in [9.17, 15) is 4.79 Å². The van der Waals surface area contributed by atoms with Crippen LogP contribution in [-0.4, -0.2) is 20.1 Å². The molecule has 1 aliphatic heterocycles. The Bertz CT molecular complexity index is 1110. The molecule has 0 N–H and O–H groups in total. The van der Waals surface area contributed by atoms with Crippen LogP contribution in [0, 0.1) is 0 Å². The van der Waals surface area contributed by atoms with E-state index >= 15 is 0 Å². The van der Waals surface area contributed by atoms with Crippen LogP contribution in [0.2, 0.25) is 0 Å². The molecule has 162 valence electrons. The number of nitrogens with zero attached hydrogens (tertiary/aromatic N) is 3. The van der Waals surface area contributed by atoms with Crippen LogP contribution in [0.25, 0.3) is 20.4 Å². The zero-order valence-electron chi connectivity index (χ0n) is 18.7. The lowest BCUT2D eigenvalue weighted by atomic mass is 9.95. The van der Waals surface area contributed by atoms with Crippen LogP contribution in [0.4, 0.5) is 0 Å². The van der Waals surface area contributed by atoms with Crippen LogP contribution in [0.15, 0.2) is 10.9 Å². The third kappa shape index (κ3) is 4.17. The molecule has 0 saturated carbocycles. The monoisotopic (exact) mass is 427 g/mol. The number of aromatic nitrogens is 3. The molecule has 1 aliphatic rings. The summed E-state index contributed by atoms with van der Waals surface area (Å²) in [7, 11) is 0. The van der Waals surface area contributed by atoms with Gasteiger partial charge in [0.2, 0.25) is 0 Å². The molecule has 0 fully saturated rings. The van der Waals surface area contributed by atoms with Gasteiger partial charge in [0.1, 0.15) is 15.4 Å². The topological polar surface area (TPSA) is 57.0 Å². The Hall–Kier alpha value is -1.79. The van der Waals surface area contributed by atoms with E-state index in [1.54, 1.807) is 0 Å². The molecule has 6 heteroatoms. The van der Waals surface area contributed by atoms with Crippen molar-refractivity contribution in [3.05, 3.63) is 33.5 Å². The van der Waals surface area contributed by atoms with E-state index in [0.29, 0.717) is 6.61 Å². The molecule has 3 aromatic rings. The molecule has 30 heavy (non-hydrogen) atoms. The van der Waals surface area contributed by atoms with Crippen molar-refractivity contribution in [2.24, 2.45) is 0 Å². The molecule has 3 aromatic heterocycles. The minimum atomic E-state index is -0.193. The van der Waals surface area contributed by atoms with Crippen molar-refractivity contribution in [1.29, 1.82) is 0 Å². The summed E-state index contributed by atoms with van der Waals surface area (Å²) in [6.07, 6.45) is 8.54. The van der Waals surface area contributed by atoms with Crippen LogP contribution in [-0.2, 0) is 30.7 Å². The Morgan fingerprint density at radius 1 is 1.13 bits per heavy atom. The van der Waals surface area contributed by atoms with Crippen molar-refractivity contribution in [1.82, 2.24) is 14.5 Å². The Morgan fingerprint density at radius 3 is 2.70 bits per heavy atom. The van der Waals surface area contributed by atoms with Crippen molar-refractivity contribution in [2.45, 2.75) is 97.8 Å². The first-order chi connectivity index (χ1) is 14.4. The van der Waals surface area contributed by atoms with Crippen molar-refractivity contribution in [3.8, 4) is 0 Å². The number of thiophene rings is 1. The first-order valence-electron chi connectivity index (χ1n) is 11.4. The smallest absolute Gasteiger partial charge is 0.271 e. The zero-order chi connectivity index (χ0) is 21.3. The van der Waals surface area contributed by atoms with Gasteiger partial charge in [-0.25, -0.2) is 9.97 Å². The molecule has 0 aromatic carbocycles. The summed E-state index contributed by atoms with van der Waals surface area (Å²) >= 11 is 1.50. The standard InChI is InChI=1S/C24H33N3O2S/c1-5-7-8-9-10-12-27-19(11-6-2)26-20-17-13-16-15-29-24(3,4)14-18(16)25-22(17)30-21(20)23(27)28/h13H,5-12,14-15H2,1-4H3. The fraction of sp³-hybridized carbons (Fsp3) is 0.625. The van der Waals surface area contributed by atoms with Gasteiger partial charge in [0.25, 0.3) is 5.56 Å². The number of hydrogen-bond acceptors (Lipinski definition) is 5. The molecule has 0 radical (unpaired) electrons. The fourth-order valence-corrected chi connectivity index (χ4v) is 5.36. The molecule has 4 heterocycles. The lowest BCUT2D eigenvalue weighted by molar-refractivity contribution is -0.0411. The lowest BCUT2D eigenvalue weighted by Gasteiger charge is -2.30. The molecule has 0 saturated heterocycles. The summed E-state index contributed by atoms with van der Waals surface area (Å²) in [6, 6.07) is 2.16. The molecule has 0 unspecified atom stereocenters. The molecular formula is C24H33N3O2S. The Balaban J connectivity index is 1.76. The predicted octanol–water partition coefficient (Wildman–Crippen LogP) is 5.78. The summed E-state index contributed by atoms with van der Waals surface area (Å²) in [5, 5.41) is 1.00. The van der Waals surface area contributed by atoms with Crippen molar-refractivity contribution in [2.75, 3.05) is 0 Å². The second-order valence-corrected chi connectivity index (χ2v) is 10.1. The number of aryl methyl sites for hydroxylation is 1. The number of hydrogen-bond donors (Lipinski definition) is 0. The van der Waals surface area contributed by atoms with E-state index < -0.39 is 0 Å². The quantitative estimate of drug-likeness (QED) is 0.428.